The zero-order chi connectivity index (χ0) is 17.9. The molecule has 0 spiro atoms. The van der Waals surface area contributed by atoms with Crippen LogP contribution < -0.4 is 5.32 Å². The Kier molecular flexibility index (Phi) is 5.74. The van der Waals surface area contributed by atoms with Crippen molar-refractivity contribution in [3.63, 3.8) is 0 Å². The van der Waals surface area contributed by atoms with Crippen molar-refractivity contribution in [3.05, 3.63) is 40.3 Å². The molecule has 0 bridgehead atoms. The summed E-state index contributed by atoms with van der Waals surface area (Å²) in [5.41, 5.74) is 1.28. The van der Waals surface area contributed by atoms with Gasteiger partial charge in [0, 0.05) is 24.2 Å². The van der Waals surface area contributed by atoms with Gasteiger partial charge in [0.2, 0.25) is 15.9 Å². The first-order valence-corrected chi connectivity index (χ1v) is 9.81. The molecule has 0 fully saturated rings. The zero-order valence-corrected chi connectivity index (χ0v) is 15.7. The number of hydrogen-bond acceptors (Lipinski definition) is 5. The molecule has 0 aliphatic rings. The Hall–Kier alpha value is -1.77. The number of aryl methyl sites for hydroxylation is 1. The fraction of sp³-hybridized carbons (Fsp3) is 0.375. The van der Waals surface area contributed by atoms with Crippen LogP contribution in [0.3, 0.4) is 0 Å². The third-order valence-corrected chi connectivity index (χ3v) is 6.42. The molecule has 0 unspecified atom stereocenters. The number of rotatable bonds is 6. The number of carbonyl (C=O) groups excluding carboxylic acids is 1. The van der Waals surface area contributed by atoms with Crippen molar-refractivity contribution in [2.24, 2.45) is 0 Å². The molecule has 0 radical (unpaired) electrons. The van der Waals surface area contributed by atoms with E-state index in [9.17, 15) is 13.2 Å². The maximum Gasteiger partial charge on any atom is 0.243 e. The van der Waals surface area contributed by atoms with Crippen LogP contribution in [0.4, 0.5) is 5.69 Å². The molecule has 8 heteroatoms. The van der Waals surface area contributed by atoms with Gasteiger partial charge in [-0.25, -0.2) is 13.4 Å². The molecule has 0 atom stereocenters. The van der Waals surface area contributed by atoms with E-state index in [0.717, 1.165) is 10.7 Å². The van der Waals surface area contributed by atoms with Crippen LogP contribution in [0, 0.1) is 6.92 Å². The molecule has 1 heterocycles. The van der Waals surface area contributed by atoms with Crippen LogP contribution in [-0.4, -0.2) is 36.7 Å². The summed E-state index contributed by atoms with van der Waals surface area (Å²) in [6.45, 7) is 5.51. The van der Waals surface area contributed by atoms with E-state index in [-0.39, 0.29) is 23.3 Å². The monoisotopic (exact) mass is 367 g/mol. The van der Waals surface area contributed by atoms with Crippen LogP contribution in [0.2, 0.25) is 0 Å². The van der Waals surface area contributed by atoms with Crippen molar-refractivity contribution in [3.8, 4) is 0 Å². The number of sulfonamides is 1. The highest BCUT2D eigenvalue weighted by atomic mass is 32.2. The minimum atomic E-state index is -3.52. The molecule has 6 nitrogen and oxygen atoms in total. The maximum absolute atomic E-state index is 12.4. The van der Waals surface area contributed by atoms with Gasteiger partial charge in [-0.15, -0.1) is 11.3 Å². The number of hydrogen-bond donors (Lipinski definition) is 1. The molecule has 1 aromatic carbocycles. The molecule has 1 N–H and O–H groups in total. The molecule has 24 heavy (non-hydrogen) atoms. The van der Waals surface area contributed by atoms with Crippen molar-refractivity contribution in [2.45, 2.75) is 38.1 Å². The minimum Gasteiger partial charge on any atom is -0.326 e. The van der Waals surface area contributed by atoms with Gasteiger partial charge < -0.3 is 5.32 Å². The summed E-state index contributed by atoms with van der Waals surface area (Å²) in [6.07, 6.45) is 0.195. The highest BCUT2D eigenvalue weighted by Gasteiger charge is 2.22. The van der Waals surface area contributed by atoms with Crippen LogP contribution in [0.1, 0.15) is 24.5 Å². The quantitative estimate of drug-likeness (QED) is 0.851. The van der Waals surface area contributed by atoms with Gasteiger partial charge in [-0.2, -0.15) is 4.31 Å². The number of aromatic nitrogens is 1. The highest BCUT2D eigenvalue weighted by Crippen LogP contribution is 2.19. The normalized spacial score (nSPS) is 11.9. The number of thiazole rings is 1. The van der Waals surface area contributed by atoms with E-state index >= 15 is 0 Å². The summed E-state index contributed by atoms with van der Waals surface area (Å²) >= 11 is 1.50. The predicted molar refractivity (Wildman–Crippen MR) is 95.7 cm³/mol. The molecule has 0 aliphatic heterocycles. The van der Waals surface area contributed by atoms with Gasteiger partial charge in [-0.3, -0.25) is 4.79 Å². The average molecular weight is 367 g/mol. The van der Waals surface area contributed by atoms with Crippen LogP contribution >= 0.6 is 11.3 Å². The van der Waals surface area contributed by atoms with Crippen molar-refractivity contribution < 1.29 is 13.2 Å². The summed E-state index contributed by atoms with van der Waals surface area (Å²) in [5, 5.41) is 5.52. The van der Waals surface area contributed by atoms with Crippen LogP contribution in [-0.2, 0) is 21.2 Å². The standard InChI is InChI=1S/C16H21N3O3S2/c1-11(2)19(4)24(21,22)15-7-5-13(6-8-15)18-16(20)9-14-10-23-12(3)17-14/h5-8,10-11H,9H2,1-4H3,(H,18,20). The van der Waals surface area contributed by atoms with Crippen LogP contribution in [0.25, 0.3) is 0 Å². The number of anilines is 1. The molecule has 2 rings (SSSR count). The van der Waals surface area contributed by atoms with E-state index in [1.165, 1.54) is 27.8 Å². The largest absolute Gasteiger partial charge is 0.326 e. The van der Waals surface area contributed by atoms with E-state index in [4.69, 9.17) is 0 Å². The first-order valence-electron chi connectivity index (χ1n) is 7.49. The first kappa shape index (κ1) is 18.6. The maximum atomic E-state index is 12.4. The summed E-state index contributed by atoms with van der Waals surface area (Å²) in [6, 6.07) is 6.04. The zero-order valence-electron chi connectivity index (χ0n) is 14.1. The number of benzene rings is 1. The van der Waals surface area contributed by atoms with Crippen molar-refractivity contribution in [1.82, 2.24) is 9.29 Å². The Labute approximate surface area is 146 Å². The smallest absolute Gasteiger partial charge is 0.243 e. The van der Waals surface area contributed by atoms with Crippen LogP contribution in [0.5, 0.6) is 0 Å². The SMILES string of the molecule is Cc1nc(CC(=O)Nc2ccc(S(=O)(=O)N(C)C(C)C)cc2)cs1. The second-order valence-electron chi connectivity index (χ2n) is 5.72. The van der Waals surface area contributed by atoms with E-state index in [0.29, 0.717) is 5.69 Å². The number of nitrogens with one attached hydrogen (secondary N) is 1. The van der Waals surface area contributed by atoms with E-state index < -0.39 is 10.0 Å². The molecule has 0 saturated carbocycles. The van der Waals surface area contributed by atoms with Crippen molar-refractivity contribution >= 4 is 33.0 Å². The first-order chi connectivity index (χ1) is 11.2. The van der Waals surface area contributed by atoms with E-state index in [1.54, 1.807) is 19.2 Å². The lowest BCUT2D eigenvalue weighted by Crippen LogP contribution is -2.33. The number of carbonyl (C=O) groups is 1. The Morgan fingerprint density at radius 1 is 1.29 bits per heavy atom. The molecule has 0 saturated heterocycles. The molecule has 130 valence electrons. The van der Waals surface area contributed by atoms with Crippen molar-refractivity contribution in [1.29, 1.82) is 0 Å². The third-order valence-electron chi connectivity index (χ3n) is 3.55. The fourth-order valence-electron chi connectivity index (χ4n) is 2.01. The van der Waals surface area contributed by atoms with Crippen molar-refractivity contribution in [2.75, 3.05) is 12.4 Å². The second-order valence-corrected chi connectivity index (χ2v) is 8.78. The summed E-state index contributed by atoms with van der Waals surface area (Å²) < 4.78 is 26.1. The summed E-state index contributed by atoms with van der Waals surface area (Å²) in [5.74, 6) is -0.185. The Balaban J connectivity index is 2.05. The van der Waals surface area contributed by atoms with E-state index in [1.807, 2.05) is 26.2 Å². The van der Waals surface area contributed by atoms with Gasteiger partial charge in [-0.1, -0.05) is 0 Å². The topological polar surface area (TPSA) is 79.4 Å². The fourth-order valence-corrected chi connectivity index (χ4v) is 3.99. The Bertz CT molecular complexity index is 811. The lowest BCUT2D eigenvalue weighted by Gasteiger charge is -2.21. The van der Waals surface area contributed by atoms with Gasteiger partial charge in [-0.05, 0) is 45.0 Å². The van der Waals surface area contributed by atoms with Gasteiger partial charge in [0.1, 0.15) is 0 Å². The Morgan fingerprint density at radius 3 is 2.42 bits per heavy atom. The molecule has 0 aliphatic carbocycles. The van der Waals surface area contributed by atoms with Gasteiger partial charge in [0.25, 0.3) is 0 Å². The summed E-state index contributed by atoms with van der Waals surface area (Å²) in [7, 11) is -1.97. The van der Waals surface area contributed by atoms with Gasteiger partial charge in [0.05, 0.1) is 22.0 Å². The molecule has 2 aromatic rings. The molecule has 1 aromatic heterocycles. The predicted octanol–water partition coefficient (Wildman–Crippen LogP) is 2.66. The van der Waals surface area contributed by atoms with Crippen LogP contribution in [0.15, 0.2) is 34.5 Å². The van der Waals surface area contributed by atoms with Gasteiger partial charge in [0.15, 0.2) is 0 Å². The third kappa shape index (κ3) is 4.40. The number of amides is 1. The average Bonchev–Trinajstić information content (AvgIpc) is 2.91. The molecular formula is C16H21N3O3S2. The lowest BCUT2D eigenvalue weighted by atomic mass is 10.3. The number of nitrogens with zero attached hydrogens (tertiary/aromatic N) is 2. The summed E-state index contributed by atoms with van der Waals surface area (Å²) in [4.78, 5) is 16.4. The van der Waals surface area contributed by atoms with E-state index in [2.05, 4.69) is 10.3 Å². The minimum absolute atomic E-state index is 0.129. The highest BCUT2D eigenvalue weighted by molar-refractivity contribution is 7.89. The second kappa shape index (κ2) is 7.42. The molecular weight excluding hydrogens is 346 g/mol. The lowest BCUT2D eigenvalue weighted by molar-refractivity contribution is -0.115. The van der Waals surface area contributed by atoms with Gasteiger partial charge >= 0.3 is 0 Å². The Morgan fingerprint density at radius 2 is 1.92 bits per heavy atom. The molecule has 1 amide bonds.